The Morgan fingerprint density at radius 2 is 1.33 bits per heavy atom. The third-order valence-corrected chi connectivity index (χ3v) is 3.14. The van der Waals surface area contributed by atoms with Gasteiger partial charge in [-0.3, -0.25) is 0 Å². The van der Waals surface area contributed by atoms with Gasteiger partial charge in [-0.1, -0.05) is 18.2 Å². The second kappa shape index (κ2) is 8.04. The van der Waals surface area contributed by atoms with Crippen molar-refractivity contribution < 1.29 is 9.47 Å². The van der Waals surface area contributed by atoms with E-state index < -0.39 is 0 Å². The van der Waals surface area contributed by atoms with Crippen molar-refractivity contribution in [3.63, 3.8) is 0 Å². The highest BCUT2D eigenvalue weighted by Crippen LogP contribution is 2.25. The summed E-state index contributed by atoms with van der Waals surface area (Å²) in [6.07, 6.45) is 1.02. The van der Waals surface area contributed by atoms with Crippen molar-refractivity contribution in [1.29, 1.82) is 0 Å². The maximum absolute atomic E-state index is 5.25. The summed E-state index contributed by atoms with van der Waals surface area (Å²) in [6.45, 7) is 1.81. The fraction of sp³-hybridized carbons (Fsp3) is 0.294. The topological polar surface area (TPSA) is 42.5 Å². The molecule has 0 fully saturated rings. The minimum absolute atomic E-state index is 0.791. The van der Waals surface area contributed by atoms with Crippen LogP contribution >= 0.6 is 0 Å². The maximum Gasteiger partial charge on any atom is 0.124 e. The zero-order valence-corrected chi connectivity index (χ0v) is 12.6. The van der Waals surface area contributed by atoms with Gasteiger partial charge in [0.2, 0.25) is 0 Å². The van der Waals surface area contributed by atoms with Crippen LogP contribution < -0.4 is 20.1 Å². The van der Waals surface area contributed by atoms with Gasteiger partial charge in [-0.25, -0.2) is 0 Å². The summed E-state index contributed by atoms with van der Waals surface area (Å²) >= 11 is 0. The fourth-order valence-electron chi connectivity index (χ4n) is 2.02. The summed E-state index contributed by atoms with van der Waals surface area (Å²) in [5.41, 5.74) is 2.16. The van der Waals surface area contributed by atoms with E-state index in [1.165, 1.54) is 0 Å². The van der Waals surface area contributed by atoms with E-state index in [1.807, 2.05) is 36.4 Å². The molecule has 0 aliphatic carbocycles. The van der Waals surface area contributed by atoms with Gasteiger partial charge in [0.15, 0.2) is 0 Å². The number of benzene rings is 2. The standard InChI is InChI=1S/C17H22N2O2/c1-20-16-11-15(12-17(13-16)21-2)19-10-6-9-18-14-7-4-3-5-8-14/h3-5,7-8,11-13,18-19H,6,9-10H2,1-2H3. The number of methoxy groups -OCH3 is 2. The first-order chi connectivity index (χ1) is 10.3. The highest BCUT2D eigenvalue weighted by molar-refractivity contribution is 5.53. The Kier molecular flexibility index (Phi) is 5.76. The summed E-state index contributed by atoms with van der Waals surface area (Å²) in [6, 6.07) is 16.0. The summed E-state index contributed by atoms with van der Waals surface area (Å²) in [7, 11) is 3.31. The molecule has 21 heavy (non-hydrogen) atoms. The second-order valence-electron chi connectivity index (χ2n) is 4.67. The molecule has 0 aliphatic rings. The van der Waals surface area contributed by atoms with Crippen LogP contribution in [0.25, 0.3) is 0 Å². The molecule has 4 heteroatoms. The number of rotatable bonds is 8. The van der Waals surface area contributed by atoms with Crippen LogP contribution in [0, 0.1) is 0 Å². The molecule has 4 nitrogen and oxygen atoms in total. The predicted molar refractivity (Wildman–Crippen MR) is 87.6 cm³/mol. The van der Waals surface area contributed by atoms with Crippen LogP contribution in [0.4, 0.5) is 11.4 Å². The highest BCUT2D eigenvalue weighted by atomic mass is 16.5. The lowest BCUT2D eigenvalue weighted by molar-refractivity contribution is 0.394. The lowest BCUT2D eigenvalue weighted by Crippen LogP contribution is -2.09. The molecule has 0 amide bonds. The highest BCUT2D eigenvalue weighted by Gasteiger charge is 2.01. The fourth-order valence-corrected chi connectivity index (χ4v) is 2.02. The van der Waals surface area contributed by atoms with Crippen molar-refractivity contribution in [2.45, 2.75) is 6.42 Å². The summed E-state index contributed by atoms with van der Waals surface area (Å²) in [5, 5.41) is 6.77. The van der Waals surface area contributed by atoms with Gasteiger partial charge in [0.1, 0.15) is 11.5 Å². The molecule has 2 aromatic carbocycles. The largest absolute Gasteiger partial charge is 0.497 e. The van der Waals surface area contributed by atoms with E-state index in [-0.39, 0.29) is 0 Å². The van der Waals surface area contributed by atoms with Crippen molar-refractivity contribution >= 4 is 11.4 Å². The normalized spacial score (nSPS) is 10.0. The minimum Gasteiger partial charge on any atom is -0.497 e. The average molecular weight is 286 g/mol. The molecule has 0 bridgehead atoms. The van der Waals surface area contributed by atoms with Crippen LogP contribution in [-0.2, 0) is 0 Å². The van der Waals surface area contributed by atoms with E-state index in [0.717, 1.165) is 42.4 Å². The first kappa shape index (κ1) is 15.0. The molecule has 0 saturated heterocycles. The van der Waals surface area contributed by atoms with E-state index in [2.05, 4.69) is 22.8 Å². The molecule has 0 aromatic heterocycles. The molecule has 112 valence electrons. The van der Waals surface area contributed by atoms with Crippen LogP contribution in [-0.4, -0.2) is 27.3 Å². The first-order valence-corrected chi connectivity index (χ1v) is 7.07. The number of anilines is 2. The molecular formula is C17H22N2O2. The Morgan fingerprint density at radius 1 is 0.762 bits per heavy atom. The predicted octanol–water partition coefficient (Wildman–Crippen LogP) is 3.62. The second-order valence-corrected chi connectivity index (χ2v) is 4.67. The molecular weight excluding hydrogens is 264 g/mol. The summed E-state index contributed by atoms with van der Waals surface area (Å²) in [5.74, 6) is 1.58. The quantitative estimate of drug-likeness (QED) is 0.727. The summed E-state index contributed by atoms with van der Waals surface area (Å²) < 4.78 is 10.5. The Bertz CT molecular complexity index is 521. The van der Waals surface area contributed by atoms with Crippen LogP contribution in [0.2, 0.25) is 0 Å². The smallest absolute Gasteiger partial charge is 0.124 e. The minimum atomic E-state index is 0.791. The van der Waals surface area contributed by atoms with Gasteiger partial charge in [0, 0.05) is 42.7 Å². The number of nitrogens with one attached hydrogen (secondary N) is 2. The SMILES string of the molecule is COc1cc(NCCCNc2ccccc2)cc(OC)c1. The van der Waals surface area contributed by atoms with E-state index in [1.54, 1.807) is 14.2 Å². The average Bonchev–Trinajstić information content (AvgIpc) is 2.55. The van der Waals surface area contributed by atoms with Crippen molar-refractivity contribution in [3.05, 3.63) is 48.5 Å². The molecule has 2 rings (SSSR count). The third-order valence-electron chi connectivity index (χ3n) is 3.14. The number of ether oxygens (including phenoxy) is 2. The van der Waals surface area contributed by atoms with Crippen molar-refractivity contribution in [1.82, 2.24) is 0 Å². The Morgan fingerprint density at radius 3 is 1.90 bits per heavy atom. The van der Waals surface area contributed by atoms with Crippen LogP contribution in [0.15, 0.2) is 48.5 Å². The lowest BCUT2D eigenvalue weighted by Gasteiger charge is -2.11. The molecule has 2 N–H and O–H groups in total. The number of para-hydroxylation sites is 1. The van der Waals surface area contributed by atoms with Crippen LogP contribution in [0.5, 0.6) is 11.5 Å². The number of hydrogen-bond acceptors (Lipinski definition) is 4. The Labute approximate surface area is 126 Å². The molecule has 0 saturated carbocycles. The van der Waals surface area contributed by atoms with Gasteiger partial charge in [0.25, 0.3) is 0 Å². The van der Waals surface area contributed by atoms with Gasteiger partial charge in [-0.2, -0.15) is 0 Å². The van der Waals surface area contributed by atoms with Gasteiger partial charge >= 0.3 is 0 Å². The van der Waals surface area contributed by atoms with E-state index in [9.17, 15) is 0 Å². The van der Waals surface area contributed by atoms with Gasteiger partial charge < -0.3 is 20.1 Å². The van der Waals surface area contributed by atoms with Gasteiger partial charge in [-0.05, 0) is 18.6 Å². The van der Waals surface area contributed by atoms with Gasteiger partial charge in [-0.15, -0.1) is 0 Å². The maximum atomic E-state index is 5.25. The lowest BCUT2D eigenvalue weighted by atomic mass is 10.2. The molecule has 0 unspecified atom stereocenters. The molecule has 2 aromatic rings. The zero-order chi connectivity index (χ0) is 14.9. The molecule has 0 spiro atoms. The first-order valence-electron chi connectivity index (χ1n) is 7.07. The van der Waals surface area contributed by atoms with Crippen molar-refractivity contribution in [2.75, 3.05) is 37.9 Å². The number of hydrogen-bond donors (Lipinski definition) is 2. The van der Waals surface area contributed by atoms with Crippen LogP contribution in [0.1, 0.15) is 6.42 Å². The third kappa shape index (κ3) is 4.91. The molecule has 0 atom stereocenters. The molecule has 0 aliphatic heterocycles. The van der Waals surface area contributed by atoms with Crippen molar-refractivity contribution in [2.24, 2.45) is 0 Å². The zero-order valence-electron chi connectivity index (χ0n) is 12.6. The molecule has 0 heterocycles. The molecule has 0 radical (unpaired) electrons. The van der Waals surface area contributed by atoms with E-state index in [0.29, 0.717) is 0 Å². The Balaban J connectivity index is 1.75. The van der Waals surface area contributed by atoms with Gasteiger partial charge in [0.05, 0.1) is 14.2 Å². The Hall–Kier alpha value is -2.36. The monoisotopic (exact) mass is 286 g/mol. The summed E-state index contributed by atoms with van der Waals surface area (Å²) in [4.78, 5) is 0. The van der Waals surface area contributed by atoms with Crippen LogP contribution in [0.3, 0.4) is 0 Å². The van der Waals surface area contributed by atoms with E-state index in [4.69, 9.17) is 9.47 Å². The van der Waals surface area contributed by atoms with Crippen molar-refractivity contribution in [3.8, 4) is 11.5 Å². The van der Waals surface area contributed by atoms with E-state index >= 15 is 0 Å².